The normalized spacial score (nSPS) is 15.0. The summed E-state index contributed by atoms with van der Waals surface area (Å²) in [7, 11) is 0. The third kappa shape index (κ3) is 3.01. The molecule has 1 aromatic heterocycles. The highest BCUT2D eigenvalue weighted by Gasteiger charge is 2.13. The number of benzene rings is 1. The van der Waals surface area contributed by atoms with Gasteiger partial charge in [-0.15, -0.1) is 0 Å². The minimum absolute atomic E-state index is 0.194. The first-order valence-corrected chi connectivity index (χ1v) is 6.93. The van der Waals surface area contributed by atoms with Crippen LogP contribution in [0.1, 0.15) is 20.3 Å². The predicted octanol–water partition coefficient (Wildman–Crippen LogP) is 3.29. The van der Waals surface area contributed by atoms with Gasteiger partial charge < -0.3 is 10.2 Å². The van der Waals surface area contributed by atoms with Crippen LogP contribution in [0, 0.1) is 5.92 Å². The van der Waals surface area contributed by atoms with Gasteiger partial charge in [-0.25, -0.2) is 4.98 Å². The molecule has 0 amide bonds. The van der Waals surface area contributed by atoms with E-state index >= 15 is 0 Å². The van der Waals surface area contributed by atoms with Gasteiger partial charge >= 0.3 is 0 Å². The van der Waals surface area contributed by atoms with Crippen LogP contribution in [0.3, 0.4) is 0 Å². The van der Waals surface area contributed by atoms with Crippen LogP contribution in [-0.4, -0.2) is 16.8 Å². The highest BCUT2D eigenvalue weighted by molar-refractivity contribution is 7.99. The van der Waals surface area contributed by atoms with Crippen LogP contribution < -0.4 is 5.73 Å². The Balaban J connectivity index is 1.99. The third-order valence-corrected chi connectivity index (χ3v) is 4.02. The van der Waals surface area contributed by atoms with Crippen LogP contribution in [0.4, 0.5) is 0 Å². The van der Waals surface area contributed by atoms with Gasteiger partial charge in [-0.2, -0.15) is 0 Å². The molecule has 1 aromatic carbocycles. The quantitative estimate of drug-likeness (QED) is 0.827. The number of fused-ring (bicyclic) bond motifs is 1. The first-order chi connectivity index (χ1) is 8.20. The minimum Gasteiger partial charge on any atom is -0.431 e. The maximum absolute atomic E-state index is 6.08. The van der Waals surface area contributed by atoms with E-state index in [2.05, 4.69) is 18.8 Å². The summed E-state index contributed by atoms with van der Waals surface area (Å²) < 4.78 is 5.63. The number of nitrogens with zero attached hydrogens (tertiary/aromatic N) is 1. The summed E-state index contributed by atoms with van der Waals surface area (Å²) in [4.78, 5) is 4.41. The van der Waals surface area contributed by atoms with Gasteiger partial charge in [0.25, 0.3) is 5.22 Å². The third-order valence-electron chi connectivity index (χ3n) is 3.05. The molecule has 0 bridgehead atoms. The van der Waals surface area contributed by atoms with E-state index in [4.69, 9.17) is 10.2 Å². The number of hydrogen-bond donors (Lipinski definition) is 1. The van der Waals surface area contributed by atoms with Crippen molar-refractivity contribution in [2.75, 3.05) is 5.75 Å². The monoisotopic (exact) mass is 250 g/mol. The van der Waals surface area contributed by atoms with E-state index in [1.807, 2.05) is 24.3 Å². The van der Waals surface area contributed by atoms with Gasteiger partial charge in [-0.05, 0) is 18.1 Å². The molecule has 92 valence electrons. The Hall–Kier alpha value is -1.00. The van der Waals surface area contributed by atoms with Crippen molar-refractivity contribution in [2.24, 2.45) is 11.7 Å². The average Bonchev–Trinajstić information content (AvgIpc) is 2.77. The second-order valence-electron chi connectivity index (χ2n) is 4.31. The molecule has 0 radical (unpaired) electrons. The molecule has 1 heterocycles. The van der Waals surface area contributed by atoms with Crippen LogP contribution in [0.2, 0.25) is 0 Å². The number of rotatable bonds is 5. The van der Waals surface area contributed by atoms with Crippen molar-refractivity contribution >= 4 is 22.9 Å². The van der Waals surface area contributed by atoms with E-state index in [0.717, 1.165) is 23.3 Å². The molecule has 0 spiro atoms. The Bertz CT molecular complexity index is 450. The van der Waals surface area contributed by atoms with Crippen molar-refractivity contribution in [3.8, 4) is 0 Å². The van der Waals surface area contributed by atoms with Crippen LogP contribution in [0.5, 0.6) is 0 Å². The van der Waals surface area contributed by atoms with Gasteiger partial charge in [0, 0.05) is 11.8 Å². The number of hydrogen-bond acceptors (Lipinski definition) is 4. The van der Waals surface area contributed by atoms with E-state index in [1.54, 1.807) is 11.8 Å². The predicted molar refractivity (Wildman–Crippen MR) is 72.2 cm³/mol. The Labute approximate surface area is 106 Å². The fourth-order valence-corrected chi connectivity index (χ4v) is 2.52. The zero-order chi connectivity index (χ0) is 12.3. The zero-order valence-electron chi connectivity index (χ0n) is 10.2. The summed E-state index contributed by atoms with van der Waals surface area (Å²) in [6.45, 7) is 4.34. The van der Waals surface area contributed by atoms with Crippen molar-refractivity contribution in [3.63, 3.8) is 0 Å². The topological polar surface area (TPSA) is 52.0 Å². The highest BCUT2D eigenvalue weighted by atomic mass is 32.2. The fraction of sp³-hybridized carbons (Fsp3) is 0.462. The lowest BCUT2D eigenvalue weighted by atomic mass is 10.0. The molecule has 0 aliphatic rings. The molecule has 4 heteroatoms. The number of nitrogens with two attached hydrogens (primary N) is 1. The van der Waals surface area contributed by atoms with Gasteiger partial charge in [0.15, 0.2) is 5.58 Å². The van der Waals surface area contributed by atoms with Crippen molar-refractivity contribution in [1.29, 1.82) is 0 Å². The second-order valence-corrected chi connectivity index (χ2v) is 5.28. The number of para-hydroxylation sites is 2. The first kappa shape index (κ1) is 12.5. The summed E-state index contributed by atoms with van der Waals surface area (Å²) >= 11 is 1.60. The maximum atomic E-state index is 6.08. The van der Waals surface area contributed by atoms with Gasteiger partial charge in [-0.1, -0.05) is 44.2 Å². The molecule has 0 saturated carbocycles. The molecule has 0 fully saturated rings. The highest BCUT2D eigenvalue weighted by Crippen LogP contribution is 2.24. The van der Waals surface area contributed by atoms with Crippen LogP contribution in [0.15, 0.2) is 33.9 Å². The van der Waals surface area contributed by atoms with E-state index in [-0.39, 0.29) is 6.04 Å². The van der Waals surface area contributed by atoms with Crippen molar-refractivity contribution in [1.82, 2.24) is 4.98 Å². The van der Waals surface area contributed by atoms with Gasteiger partial charge in [0.05, 0.1) is 0 Å². The Kier molecular flexibility index (Phi) is 4.07. The number of aromatic nitrogens is 1. The zero-order valence-corrected chi connectivity index (χ0v) is 11.0. The van der Waals surface area contributed by atoms with E-state index < -0.39 is 0 Å². The van der Waals surface area contributed by atoms with Gasteiger partial charge in [0.1, 0.15) is 5.52 Å². The summed E-state index contributed by atoms with van der Waals surface area (Å²) in [6, 6.07) is 8.00. The first-order valence-electron chi connectivity index (χ1n) is 5.94. The van der Waals surface area contributed by atoms with Gasteiger partial charge in [0.2, 0.25) is 0 Å². The lowest BCUT2D eigenvalue weighted by molar-refractivity contribution is 0.467. The molecular formula is C13H18N2OS. The molecule has 2 unspecified atom stereocenters. The average molecular weight is 250 g/mol. The van der Waals surface area contributed by atoms with Crippen molar-refractivity contribution in [3.05, 3.63) is 24.3 Å². The lowest BCUT2D eigenvalue weighted by Crippen LogP contribution is -2.30. The Morgan fingerprint density at radius 1 is 1.41 bits per heavy atom. The molecule has 2 aromatic rings. The molecule has 0 aliphatic heterocycles. The van der Waals surface area contributed by atoms with Gasteiger partial charge in [-0.3, -0.25) is 0 Å². The molecule has 0 aliphatic carbocycles. The molecular weight excluding hydrogens is 232 g/mol. The molecule has 17 heavy (non-hydrogen) atoms. The Morgan fingerprint density at radius 2 is 2.18 bits per heavy atom. The summed E-state index contributed by atoms with van der Waals surface area (Å²) in [6.07, 6.45) is 1.11. The van der Waals surface area contributed by atoms with Crippen molar-refractivity contribution < 1.29 is 4.42 Å². The van der Waals surface area contributed by atoms with E-state index in [1.165, 1.54) is 0 Å². The molecule has 3 nitrogen and oxygen atoms in total. The van der Waals surface area contributed by atoms with Crippen LogP contribution in [0.25, 0.3) is 11.1 Å². The summed E-state index contributed by atoms with van der Waals surface area (Å²) in [5.41, 5.74) is 7.83. The number of oxazole rings is 1. The van der Waals surface area contributed by atoms with E-state index in [9.17, 15) is 0 Å². The summed E-state index contributed by atoms with van der Waals surface area (Å²) in [5.74, 6) is 1.38. The maximum Gasteiger partial charge on any atom is 0.256 e. The van der Waals surface area contributed by atoms with E-state index in [0.29, 0.717) is 11.1 Å². The molecule has 0 saturated heterocycles. The molecule has 2 rings (SSSR count). The standard InChI is InChI=1S/C13H18N2OS/c1-3-9(2)10(14)8-17-13-15-11-6-4-5-7-12(11)16-13/h4-7,9-10H,3,8,14H2,1-2H3. The smallest absolute Gasteiger partial charge is 0.256 e. The summed E-state index contributed by atoms with van der Waals surface area (Å²) in [5, 5.41) is 0.713. The number of thioether (sulfide) groups is 1. The van der Waals surface area contributed by atoms with Crippen LogP contribution in [-0.2, 0) is 0 Å². The second kappa shape index (κ2) is 5.56. The van der Waals surface area contributed by atoms with Crippen molar-refractivity contribution in [2.45, 2.75) is 31.5 Å². The Morgan fingerprint density at radius 3 is 2.88 bits per heavy atom. The molecule has 2 atom stereocenters. The minimum atomic E-state index is 0.194. The SMILES string of the molecule is CCC(C)C(N)CSc1nc2ccccc2o1. The molecule has 2 N–H and O–H groups in total. The largest absolute Gasteiger partial charge is 0.431 e. The lowest BCUT2D eigenvalue weighted by Gasteiger charge is -2.16. The van der Waals surface area contributed by atoms with Crippen LogP contribution >= 0.6 is 11.8 Å². The fourth-order valence-electron chi connectivity index (χ4n) is 1.55.